The van der Waals surface area contributed by atoms with E-state index in [1.165, 1.54) is 6.42 Å². The van der Waals surface area contributed by atoms with E-state index in [0.29, 0.717) is 0 Å². The second-order valence-electron chi connectivity index (χ2n) is 2.88. The number of unbranched alkanes of at least 4 members (excludes halogenated alkanes) is 1. The molecule has 72 valence electrons. The van der Waals surface area contributed by atoms with Crippen molar-refractivity contribution in [1.29, 1.82) is 0 Å². The average molecular weight is 171 g/mol. The summed E-state index contributed by atoms with van der Waals surface area (Å²) in [6.07, 6.45) is 6.77. The van der Waals surface area contributed by atoms with Crippen LogP contribution in [-0.4, -0.2) is 36.2 Å². The fourth-order valence-electron chi connectivity index (χ4n) is 1.03. The third kappa shape index (κ3) is 6.38. The number of hydrogen-bond acceptors (Lipinski definition) is 2. The quantitative estimate of drug-likeness (QED) is 0.589. The lowest BCUT2D eigenvalue weighted by molar-refractivity contribution is 0.214. The first-order chi connectivity index (χ1) is 5.85. The third-order valence-corrected chi connectivity index (χ3v) is 1.85. The number of nitrogens with zero attached hydrogens (tertiary/aromatic N) is 1. The second-order valence-corrected chi connectivity index (χ2v) is 2.88. The number of aliphatic hydroxyl groups is 1. The first-order valence-electron chi connectivity index (χ1n) is 4.83. The number of hydrogen-bond donors (Lipinski definition) is 1. The topological polar surface area (TPSA) is 23.5 Å². The molecule has 0 aliphatic heterocycles. The highest BCUT2D eigenvalue weighted by atomic mass is 16.3. The van der Waals surface area contributed by atoms with E-state index in [2.05, 4.69) is 30.9 Å². The van der Waals surface area contributed by atoms with E-state index in [-0.39, 0.29) is 6.61 Å². The Kier molecular flexibility index (Phi) is 8.51. The van der Waals surface area contributed by atoms with Crippen LogP contribution in [0.25, 0.3) is 0 Å². The van der Waals surface area contributed by atoms with Gasteiger partial charge in [0.2, 0.25) is 0 Å². The Labute approximate surface area is 75.9 Å². The predicted molar refractivity (Wildman–Crippen MR) is 53.2 cm³/mol. The summed E-state index contributed by atoms with van der Waals surface area (Å²) >= 11 is 0. The zero-order valence-corrected chi connectivity index (χ0v) is 8.29. The summed E-state index contributed by atoms with van der Waals surface area (Å²) in [5.74, 6) is 0. The van der Waals surface area contributed by atoms with Crippen molar-refractivity contribution >= 4 is 0 Å². The summed E-state index contributed by atoms with van der Waals surface area (Å²) in [7, 11) is 0. The molecule has 0 aliphatic carbocycles. The molecule has 1 N–H and O–H groups in total. The van der Waals surface area contributed by atoms with Gasteiger partial charge in [-0.2, -0.15) is 0 Å². The summed E-state index contributed by atoms with van der Waals surface area (Å²) in [5, 5.41) is 8.70. The molecule has 12 heavy (non-hydrogen) atoms. The molecule has 0 fully saturated rings. The lowest BCUT2D eigenvalue weighted by Crippen LogP contribution is -2.26. The van der Waals surface area contributed by atoms with Gasteiger partial charge in [-0.3, -0.25) is 4.90 Å². The van der Waals surface area contributed by atoms with Crippen molar-refractivity contribution in [3.63, 3.8) is 0 Å². The molecule has 0 aromatic heterocycles. The van der Waals surface area contributed by atoms with E-state index >= 15 is 0 Å². The van der Waals surface area contributed by atoms with Crippen LogP contribution in [0.4, 0.5) is 0 Å². The Morgan fingerprint density at radius 3 is 2.50 bits per heavy atom. The van der Waals surface area contributed by atoms with Crippen molar-refractivity contribution in [3.8, 4) is 0 Å². The van der Waals surface area contributed by atoms with Gasteiger partial charge in [0.15, 0.2) is 0 Å². The normalized spacial score (nSPS) is 11.7. The monoisotopic (exact) mass is 171 g/mol. The molecular formula is C10H21NO. The fraction of sp³-hybridized carbons (Fsp3) is 0.800. The standard InChI is InChI=1S/C10H21NO/c1-3-5-6-7-8-11(4-2)9-10-12/h6-7,12H,3-5,8-10H2,1-2H3. The van der Waals surface area contributed by atoms with Crippen molar-refractivity contribution in [2.24, 2.45) is 0 Å². The van der Waals surface area contributed by atoms with E-state index in [1.54, 1.807) is 0 Å². The van der Waals surface area contributed by atoms with Gasteiger partial charge < -0.3 is 5.11 Å². The summed E-state index contributed by atoms with van der Waals surface area (Å²) in [4.78, 5) is 2.21. The number of aliphatic hydroxyl groups excluding tert-OH is 1. The highest BCUT2D eigenvalue weighted by Crippen LogP contribution is 1.91. The van der Waals surface area contributed by atoms with Gasteiger partial charge in [0, 0.05) is 13.1 Å². The number of allylic oxidation sites excluding steroid dienone is 1. The first-order valence-corrected chi connectivity index (χ1v) is 4.83. The van der Waals surface area contributed by atoms with Crippen LogP contribution in [0.5, 0.6) is 0 Å². The van der Waals surface area contributed by atoms with E-state index in [1.807, 2.05) is 0 Å². The molecule has 0 spiro atoms. The molecule has 0 bridgehead atoms. The average Bonchev–Trinajstić information content (AvgIpc) is 2.10. The fourth-order valence-corrected chi connectivity index (χ4v) is 1.03. The lowest BCUT2D eigenvalue weighted by atomic mass is 10.3. The molecule has 0 heterocycles. The van der Waals surface area contributed by atoms with Crippen molar-refractivity contribution in [2.75, 3.05) is 26.2 Å². The first kappa shape index (κ1) is 11.7. The maximum Gasteiger partial charge on any atom is 0.0558 e. The van der Waals surface area contributed by atoms with Gasteiger partial charge in [-0.15, -0.1) is 0 Å². The second kappa shape index (κ2) is 8.75. The Morgan fingerprint density at radius 1 is 1.25 bits per heavy atom. The van der Waals surface area contributed by atoms with Gasteiger partial charge in [-0.25, -0.2) is 0 Å². The van der Waals surface area contributed by atoms with Gasteiger partial charge in [-0.1, -0.05) is 32.4 Å². The number of rotatable bonds is 7. The largest absolute Gasteiger partial charge is 0.395 e. The minimum atomic E-state index is 0.259. The van der Waals surface area contributed by atoms with Crippen LogP contribution < -0.4 is 0 Å². The van der Waals surface area contributed by atoms with E-state index in [4.69, 9.17) is 5.11 Å². The van der Waals surface area contributed by atoms with Crippen LogP contribution in [0.3, 0.4) is 0 Å². The molecular weight excluding hydrogens is 150 g/mol. The molecule has 0 aromatic carbocycles. The van der Waals surface area contributed by atoms with Crippen molar-refractivity contribution in [2.45, 2.75) is 26.7 Å². The van der Waals surface area contributed by atoms with Crippen molar-refractivity contribution < 1.29 is 5.11 Å². The SMILES string of the molecule is CCCC=CCN(CC)CCO. The molecule has 0 rings (SSSR count). The maximum absolute atomic E-state index is 8.70. The Bertz CT molecular complexity index is 112. The Balaban J connectivity index is 3.42. The molecule has 0 unspecified atom stereocenters. The zero-order valence-electron chi connectivity index (χ0n) is 8.29. The van der Waals surface area contributed by atoms with Crippen LogP contribution in [0.1, 0.15) is 26.7 Å². The third-order valence-electron chi connectivity index (χ3n) is 1.85. The molecule has 0 aliphatic rings. The molecule has 0 radical (unpaired) electrons. The summed E-state index contributed by atoms with van der Waals surface area (Å²) < 4.78 is 0. The highest BCUT2D eigenvalue weighted by Gasteiger charge is 1.96. The summed E-state index contributed by atoms with van der Waals surface area (Å²) in [5.41, 5.74) is 0. The minimum absolute atomic E-state index is 0.259. The predicted octanol–water partition coefficient (Wildman–Crippen LogP) is 1.66. The summed E-state index contributed by atoms with van der Waals surface area (Å²) in [6, 6.07) is 0. The van der Waals surface area contributed by atoms with Crippen LogP contribution >= 0.6 is 0 Å². The molecule has 0 aromatic rings. The van der Waals surface area contributed by atoms with Crippen LogP contribution in [0.2, 0.25) is 0 Å². The molecule has 0 saturated heterocycles. The Hall–Kier alpha value is -0.340. The number of likely N-dealkylation sites (N-methyl/N-ethyl adjacent to an activating group) is 1. The summed E-state index contributed by atoms with van der Waals surface area (Å²) in [6.45, 7) is 7.31. The van der Waals surface area contributed by atoms with E-state index < -0.39 is 0 Å². The molecule has 2 nitrogen and oxygen atoms in total. The van der Waals surface area contributed by atoms with Crippen molar-refractivity contribution in [3.05, 3.63) is 12.2 Å². The molecule has 0 saturated carbocycles. The van der Waals surface area contributed by atoms with Gasteiger partial charge in [-0.05, 0) is 13.0 Å². The molecule has 0 atom stereocenters. The molecule has 0 amide bonds. The van der Waals surface area contributed by atoms with Gasteiger partial charge in [0.25, 0.3) is 0 Å². The van der Waals surface area contributed by atoms with Crippen LogP contribution in [-0.2, 0) is 0 Å². The van der Waals surface area contributed by atoms with Crippen molar-refractivity contribution in [1.82, 2.24) is 4.90 Å². The van der Waals surface area contributed by atoms with Crippen LogP contribution in [0.15, 0.2) is 12.2 Å². The smallest absolute Gasteiger partial charge is 0.0558 e. The lowest BCUT2D eigenvalue weighted by Gasteiger charge is -2.16. The Morgan fingerprint density at radius 2 is 2.00 bits per heavy atom. The van der Waals surface area contributed by atoms with Gasteiger partial charge in [0.1, 0.15) is 0 Å². The molecule has 2 heteroatoms. The van der Waals surface area contributed by atoms with Crippen LogP contribution in [0, 0.1) is 0 Å². The van der Waals surface area contributed by atoms with E-state index in [0.717, 1.165) is 26.1 Å². The zero-order chi connectivity index (χ0) is 9.23. The maximum atomic E-state index is 8.70. The highest BCUT2D eigenvalue weighted by molar-refractivity contribution is 4.84. The van der Waals surface area contributed by atoms with Gasteiger partial charge >= 0.3 is 0 Å². The van der Waals surface area contributed by atoms with Gasteiger partial charge in [0.05, 0.1) is 6.61 Å². The van der Waals surface area contributed by atoms with E-state index in [9.17, 15) is 0 Å². The minimum Gasteiger partial charge on any atom is -0.395 e.